The van der Waals surface area contributed by atoms with Crippen LogP contribution in [-0.2, 0) is 14.8 Å². The summed E-state index contributed by atoms with van der Waals surface area (Å²) < 4.78 is 26.6. The average molecular weight is 334 g/mol. The van der Waals surface area contributed by atoms with Crippen LogP contribution in [0.1, 0.15) is 19.3 Å². The molecule has 8 heteroatoms. The van der Waals surface area contributed by atoms with E-state index in [1.54, 1.807) is 12.1 Å². The van der Waals surface area contributed by atoms with Crippen LogP contribution in [0.25, 0.3) is 0 Å². The Kier molecular flexibility index (Phi) is 6.60. The Labute approximate surface area is 130 Å². The van der Waals surface area contributed by atoms with Gasteiger partial charge < -0.3 is 11.1 Å². The molecule has 21 heavy (non-hydrogen) atoms. The van der Waals surface area contributed by atoms with Crippen LogP contribution in [-0.4, -0.2) is 27.4 Å². The van der Waals surface area contributed by atoms with Gasteiger partial charge in [-0.3, -0.25) is 4.79 Å². The fourth-order valence-corrected chi connectivity index (χ4v) is 2.82. The third-order valence-corrected chi connectivity index (χ3v) is 4.52. The number of carbonyl (C=O) groups is 1. The first kappa shape index (κ1) is 17.9. The predicted octanol–water partition coefficient (Wildman–Crippen LogP) is 1.08. The molecule has 1 aromatic rings. The minimum Gasteiger partial charge on any atom is -0.330 e. The van der Waals surface area contributed by atoms with Gasteiger partial charge in [-0.25, -0.2) is 13.1 Å². The lowest BCUT2D eigenvalue weighted by molar-refractivity contribution is -0.116. The van der Waals surface area contributed by atoms with Crippen molar-refractivity contribution < 1.29 is 13.2 Å². The molecule has 0 spiro atoms. The molecule has 0 aromatic heterocycles. The third-order valence-electron chi connectivity index (χ3n) is 3.08. The van der Waals surface area contributed by atoms with Crippen LogP contribution in [0.2, 0.25) is 0 Å². The van der Waals surface area contributed by atoms with E-state index in [9.17, 15) is 13.2 Å². The van der Waals surface area contributed by atoms with Crippen molar-refractivity contribution in [3.63, 3.8) is 0 Å². The van der Waals surface area contributed by atoms with Crippen LogP contribution < -0.4 is 15.8 Å². The van der Waals surface area contributed by atoms with Crippen LogP contribution >= 0.6 is 12.4 Å². The quantitative estimate of drug-likeness (QED) is 0.695. The Morgan fingerprint density at radius 1 is 1.24 bits per heavy atom. The normalized spacial score (nSPS) is 14.3. The fraction of sp³-hybridized carbons (Fsp3) is 0.462. The summed E-state index contributed by atoms with van der Waals surface area (Å²) in [7, 11) is -3.45. The molecule has 4 N–H and O–H groups in total. The van der Waals surface area contributed by atoms with Gasteiger partial charge in [-0.2, -0.15) is 0 Å². The van der Waals surface area contributed by atoms with Crippen LogP contribution in [0.15, 0.2) is 29.2 Å². The van der Waals surface area contributed by atoms with Crippen LogP contribution in [0, 0.1) is 5.92 Å². The van der Waals surface area contributed by atoms with E-state index in [1.165, 1.54) is 12.1 Å². The molecule has 0 saturated heterocycles. The number of nitrogens with two attached hydrogens (primary N) is 1. The van der Waals surface area contributed by atoms with E-state index in [0.29, 0.717) is 18.2 Å². The van der Waals surface area contributed by atoms with E-state index in [0.717, 1.165) is 12.8 Å². The first-order valence-corrected chi connectivity index (χ1v) is 8.09. The van der Waals surface area contributed by atoms with Crippen molar-refractivity contribution in [1.82, 2.24) is 4.72 Å². The second-order valence-corrected chi connectivity index (χ2v) is 6.67. The number of carbonyl (C=O) groups excluding carboxylic acids is 1. The molecule has 0 unspecified atom stereocenters. The van der Waals surface area contributed by atoms with Crippen molar-refractivity contribution in [3.05, 3.63) is 24.3 Å². The number of anilines is 1. The van der Waals surface area contributed by atoms with Crippen molar-refractivity contribution >= 4 is 34.0 Å². The summed E-state index contributed by atoms with van der Waals surface area (Å²) in [6, 6.07) is 6.10. The van der Waals surface area contributed by atoms with Crippen LogP contribution in [0.4, 0.5) is 5.69 Å². The first-order valence-electron chi connectivity index (χ1n) is 6.61. The smallest absolute Gasteiger partial charge is 0.240 e. The zero-order chi connectivity index (χ0) is 14.6. The molecule has 1 fully saturated rings. The third kappa shape index (κ3) is 5.62. The monoisotopic (exact) mass is 333 g/mol. The molecule has 0 radical (unpaired) electrons. The van der Waals surface area contributed by atoms with Gasteiger partial charge in [-0.15, -0.1) is 12.4 Å². The molecule has 0 bridgehead atoms. The summed E-state index contributed by atoms with van der Waals surface area (Å²) in [5.41, 5.74) is 5.84. The van der Waals surface area contributed by atoms with Gasteiger partial charge in [-0.05, 0) is 43.0 Å². The fourth-order valence-electron chi connectivity index (χ4n) is 1.70. The molecule has 2 rings (SSSR count). The molecule has 0 aliphatic heterocycles. The maximum absolute atomic E-state index is 12.0. The summed E-state index contributed by atoms with van der Waals surface area (Å²) in [4.78, 5) is 11.6. The SMILES string of the molecule is Cl.NCCC(=O)Nc1ccc(S(=O)(=O)NCC2CC2)cc1. The first-order chi connectivity index (χ1) is 9.51. The van der Waals surface area contributed by atoms with E-state index >= 15 is 0 Å². The van der Waals surface area contributed by atoms with Gasteiger partial charge >= 0.3 is 0 Å². The molecular formula is C13H20ClN3O3S. The van der Waals surface area contributed by atoms with Crippen molar-refractivity contribution in [1.29, 1.82) is 0 Å². The molecule has 0 atom stereocenters. The second-order valence-electron chi connectivity index (χ2n) is 4.91. The number of nitrogens with one attached hydrogen (secondary N) is 2. The highest BCUT2D eigenvalue weighted by Crippen LogP contribution is 2.28. The van der Waals surface area contributed by atoms with Crippen molar-refractivity contribution in [2.75, 3.05) is 18.4 Å². The highest BCUT2D eigenvalue weighted by molar-refractivity contribution is 7.89. The number of benzene rings is 1. The van der Waals surface area contributed by atoms with Gasteiger partial charge in [0.25, 0.3) is 0 Å². The molecule has 1 aliphatic rings. The molecular weight excluding hydrogens is 314 g/mol. The van der Waals surface area contributed by atoms with E-state index in [2.05, 4.69) is 10.0 Å². The molecule has 6 nitrogen and oxygen atoms in total. The lowest BCUT2D eigenvalue weighted by atomic mass is 10.3. The standard InChI is InChI=1S/C13H19N3O3S.ClH/c14-8-7-13(17)16-11-3-5-12(6-4-11)20(18,19)15-9-10-1-2-10;/h3-6,10,15H,1-2,7-9,14H2,(H,16,17);1H. The van der Waals surface area contributed by atoms with Crippen molar-refractivity contribution in [2.24, 2.45) is 11.7 Å². The Morgan fingerprint density at radius 2 is 1.86 bits per heavy atom. The molecule has 1 aliphatic carbocycles. The van der Waals surface area contributed by atoms with Gasteiger partial charge in [-0.1, -0.05) is 0 Å². The highest BCUT2D eigenvalue weighted by atomic mass is 35.5. The average Bonchev–Trinajstić information content (AvgIpc) is 3.21. The Morgan fingerprint density at radius 3 is 2.38 bits per heavy atom. The zero-order valence-corrected chi connectivity index (χ0v) is 13.2. The summed E-state index contributed by atoms with van der Waals surface area (Å²) in [5.74, 6) is 0.301. The Balaban J connectivity index is 0.00000220. The minimum absolute atomic E-state index is 0. The molecule has 1 saturated carbocycles. The molecule has 118 valence electrons. The van der Waals surface area contributed by atoms with E-state index < -0.39 is 10.0 Å². The van der Waals surface area contributed by atoms with Gasteiger partial charge in [0.1, 0.15) is 0 Å². The van der Waals surface area contributed by atoms with Crippen molar-refractivity contribution in [2.45, 2.75) is 24.2 Å². The number of amides is 1. The predicted molar refractivity (Wildman–Crippen MR) is 83.9 cm³/mol. The van der Waals surface area contributed by atoms with Gasteiger partial charge in [0.05, 0.1) is 4.90 Å². The number of halogens is 1. The number of hydrogen-bond donors (Lipinski definition) is 3. The summed E-state index contributed by atoms with van der Waals surface area (Å²) in [6.07, 6.45) is 2.42. The van der Waals surface area contributed by atoms with E-state index in [-0.39, 0.29) is 36.2 Å². The van der Waals surface area contributed by atoms with Crippen LogP contribution in [0.3, 0.4) is 0 Å². The minimum atomic E-state index is -3.45. The number of sulfonamides is 1. The summed E-state index contributed by atoms with van der Waals surface area (Å²) in [6.45, 7) is 0.778. The van der Waals surface area contributed by atoms with Crippen LogP contribution in [0.5, 0.6) is 0 Å². The maximum Gasteiger partial charge on any atom is 0.240 e. The lowest BCUT2D eigenvalue weighted by Gasteiger charge is -2.08. The summed E-state index contributed by atoms with van der Waals surface area (Å²) in [5, 5.41) is 2.65. The Hall–Kier alpha value is -1.15. The van der Waals surface area contributed by atoms with E-state index in [1.807, 2.05) is 0 Å². The molecule has 1 aromatic carbocycles. The summed E-state index contributed by atoms with van der Waals surface area (Å²) >= 11 is 0. The lowest BCUT2D eigenvalue weighted by Crippen LogP contribution is -2.25. The number of hydrogen-bond acceptors (Lipinski definition) is 4. The van der Waals surface area contributed by atoms with Gasteiger partial charge in [0.2, 0.25) is 15.9 Å². The van der Waals surface area contributed by atoms with Gasteiger partial charge in [0, 0.05) is 25.2 Å². The zero-order valence-electron chi connectivity index (χ0n) is 11.5. The Bertz CT molecular complexity index is 571. The largest absolute Gasteiger partial charge is 0.330 e. The van der Waals surface area contributed by atoms with E-state index in [4.69, 9.17) is 5.73 Å². The molecule has 0 heterocycles. The topological polar surface area (TPSA) is 101 Å². The maximum atomic E-state index is 12.0. The van der Waals surface area contributed by atoms with Gasteiger partial charge in [0.15, 0.2) is 0 Å². The second kappa shape index (κ2) is 7.74. The number of rotatable bonds is 7. The highest BCUT2D eigenvalue weighted by Gasteiger charge is 2.24. The molecule has 1 amide bonds. The van der Waals surface area contributed by atoms with Crippen molar-refractivity contribution in [3.8, 4) is 0 Å².